The molecule has 0 aliphatic heterocycles. The monoisotopic (exact) mass is 874 g/mol. The Labute approximate surface area is 379 Å². The first kappa shape index (κ1) is 50.5. The van der Waals surface area contributed by atoms with Gasteiger partial charge in [-0.05, 0) is 85.1 Å². The van der Waals surface area contributed by atoms with Crippen LogP contribution in [0.25, 0.3) is 11.1 Å². The fraction of sp³-hybridized carbons (Fsp3) is 0.407. The molecule has 2 unspecified atom stereocenters. The van der Waals surface area contributed by atoms with Crippen LogP contribution >= 0.6 is 0 Å². The van der Waals surface area contributed by atoms with Gasteiger partial charge < -0.3 is 28.4 Å². The van der Waals surface area contributed by atoms with Crippen molar-refractivity contribution in [3.63, 3.8) is 0 Å². The van der Waals surface area contributed by atoms with Gasteiger partial charge in [0, 0.05) is 30.6 Å². The predicted octanol–water partition coefficient (Wildman–Crippen LogP) is 13.7. The van der Waals surface area contributed by atoms with Crippen LogP contribution < -0.4 is 18.9 Å². The zero-order valence-corrected chi connectivity index (χ0v) is 37.8. The Hall–Kier alpha value is -6.16. The molecular formula is C54H66O10. The van der Waals surface area contributed by atoms with Crippen LogP contribution in [-0.2, 0) is 19.1 Å². The maximum atomic E-state index is 13.5. The van der Waals surface area contributed by atoms with Crippen molar-refractivity contribution in [1.82, 2.24) is 0 Å². The van der Waals surface area contributed by atoms with E-state index in [0.717, 1.165) is 56.2 Å². The van der Waals surface area contributed by atoms with Crippen LogP contribution in [0, 0.1) is 0 Å². The minimum absolute atomic E-state index is 0.242. The van der Waals surface area contributed by atoms with Gasteiger partial charge in [-0.15, -0.1) is 0 Å². The normalized spacial score (nSPS) is 11.7. The molecule has 0 aliphatic rings. The minimum Gasteiger partial charge on any atom is -0.455 e. The molecule has 0 amide bonds. The zero-order valence-electron chi connectivity index (χ0n) is 37.8. The first-order valence-electron chi connectivity index (χ1n) is 23.1. The van der Waals surface area contributed by atoms with Crippen molar-refractivity contribution in [1.29, 1.82) is 0 Å². The fourth-order valence-corrected chi connectivity index (χ4v) is 7.00. The highest BCUT2D eigenvalue weighted by atomic mass is 16.7. The van der Waals surface area contributed by atoms with Crippen LogP contribution in [0.1, 0.15) is 150 Å². The fourth-order valence-electron chi connectivity index (χ4n) is 7.00. The summed E-state index contributed by atoms with van der Waals surface area (Å²) in [5.74, 6) is -0.973. The molecule has 2 atom stereocenters. The van der Waals surface area contributed by atoms with E-state index < -0.39 is 36.5 Å². The van der Waals surface area contributed by atoms with Gasteiger partial charge in [0.15, 0.2) is 0 Å². The molecule has 0 bridgehead atoms. The van der Waals surface area contributed by atoms with E-state index in [-0.39, 0.29) is 22.6 Å². The Morgan fingerprint density at radius 2 is 0.891 bits per heavy atom. The van der Waals surface area contributed by atoms with Gasteiger partial charge in [-0.2, -0.15) is 0 Å². The van der Waals surface area contributed by atoms with Crippen LogP contribution in [0.4, 0.5) is 0 Å². The molecule has 0 saturated heterocycles. The number of esters is 4. The molecule has 4 aromatic carbocycles. The molecule has 10 nitrogen and oxygen atoms in total. The van der Waals surface area contributed by atoms with Crippen LogP contribution in [0.15, 0.2) is 122 Å². The molecule has 0 radical (unpaired) electrons. The molecule has 64 heavy (non-hydrogen) atoms. The highest BCUT2D eigenvalue weighted by Gasteiger charge is 2.19. The molecule has 0 saturated carbocycles. The largest absolute Gasteiger partial charge is 0.455 e. The maximum Gasteiger partial charge on any atom is 0.343 e. The van der Waals surface area contributed by atoms with E-state index >= 15 is 0 Å². The van der Waals surface area contributed by atoms with Crippen LogP contribution in [0.5, 0.6) is 23.0 Å². The molecule has 0 N–H and O–H groups in total. The van der Waals surface area contributed by atoms with Gasteiger partial charge in [0.2, 0.25) is 12.6 Å². The number of rotatable bonds is 31. The molecule has 0 heterocycles. The average Bonchev–Trinajstić information content (AvgIpc) is 3.31. The number of ether oxygens (including phenoxy) is 6. The second-order valence-electron chi connectivity index (χ2n) is 15.8. The summed E-state index contributed by atoms with van der Waals surface area (Å²) in [5, 5.41) is 0. The van der Waals surface area contributed by atoms with E-state index in [4.69, 9.17) is 28.4 Å². The number of hydrogen-bond donors (Lipinski definition) is 0. The quantitative estimate of drug-likeness (QED) is 0.0159. The smallest absolute Gasteiger partial charge is 0.343 e. The molecule has 0 aromatic heterocycles. The molecule has 342 valence electrons. The number of carbonyl (C=O) groups excluding carboxylic acids is 4. The van der Waals surface area contributed by atoms with Gasteiger partial charge in [0.25, 0.3) is 0 Å². The lowest BCUT2D eigenvalue weighted by Gasteiger charge is -2.19. The minimum atomic E-state index is -0.791. The third kappa shape index (κ3) is 18.7. The molecule has 0 fully saturated rings. The lowest BCUT2D eigenvalue weighted by atomic mass is 10.0. The molecule has 0 aliphatic carbocycles. The molecule has 10 heteroatoms. The van der Waals surface area contributed by atoms with Crippen molar-refractivity contribution in [3.05, 3.63) is 133 Å². The summed E-state index contributed by atoms with van der Waals surface area (Å²) in [4.78, 5) is 50.9. The maximum absolute atomic E-state index is 13.5. The topological polar surface area (TPSA) is 124 Å². The van der Waals surface area contributed by atoms with Crippen LogP contribution in [0.3, 0.4) is 0 Å². The summed E-state index contributed by atoms with van der Waals surface area (Å²) in [7, 11) is 0. The van der Waals surface area contributed by atoms with Crippen LogP contribution in [0.2, 0.25) is 0 Å². The molecule has 0 spiro atoms. The van der Waals surface area contributed by atoms with Crippen molar-refractivity contribution < 1.29 is 47.6 Å². The van der Waals surface area contributed by atoms with Crippen molar-refractivity contribution >= 4 is 23.9 Å². The van der Waals surface area contributed by atoms with Gasteiger partial charge in [0.1, 0.15) is 23.0 Å². The predicted molar refractivity (Wildman–Crippen MR) is 251 cm³/mol. The lowest BCUT2D eigenvalue weighted by Crippen LogP contribution is -2.23. The highest BCUT2D eigenvalue weighted by molar-refractivity contribution is 5.93. The number of benzene rings is 4. The summed E-state index contributed by atoms with van der Waals surface area (Å²) >= 11 is 0. The molecular weight excluding hydrogens is 809 g/mol. The van der Waals surface area contributed by atoms with Crippen LogP contribution in [-0.4, -0.2) is 36.5 Å². The third-order valence-electron chi connectivity index (χ3n) is 10.6. The Morgan fingerprint density at radius 1 is 0.484 bits per heavy atom. The lowest BCUT2D eigenvalue weighted by molar-refractivity contribution is -0.159. The summed E-state index contributed by atoms with van der Waals surface area (Å²) in [6, 6.07) is 26.9. The Balaban J connectivity index is 1.36. The Bertz CT molecular complexity index is 2020. The standard InChI is InChI=1S/C54H66O10/c1-5-9-11-13-15-17-19-24-28-51(63-49(55)7-3)59-44-34-30-42(31-35-44)53(57)61-46-38-39-48(47(40-46)41-26-22-21-23-27-41)62-54(58)43-32-36-45(37-33-43)60-52(64-50(56)8-4)29-25-20-18-16-14-12-10-6-2/h7-8,21-23,26-27,30-40,51-52H,3-6,9-20,24-25,28-29H2,1-2H3. The van der Waals surface area contributed by atoms with Gasteiger partial charge >= 0.3 is 23.9 Å². The van der Waals surface area contributed by atoms with Crippen molar-refractivity contribution in [2.75, 3.05) is 0 Å². The number of carbonyl (C=O) groups is 4. The van der Waals surface area contributed by atoms with E-state index in [0.29, 0.717) is 29.9 Å². The van der Waals surface area contributed by atoms with Gasteiger partial charge in [-0.3, -0.25) is 0 Å². The summed E-state index contributed by atoms with van der Waals surface area (Å²) in [6.07, 6.45) is 20.0. The average molecular weight is 875 g/mol. The second kappa shape index (κ2) is 29.3. The van der Waals surface area contributed by atoms with E-state index in [9.17, 15) is 19.2 Å². The Kier molecular flexibility index (Phi) is 23.1. The highest BCUT2D eigenvalue weighted by Crippen LogP contribution is 2.35. The SMILES string of the molecule is C=CC(=O)OC(CCCCCCCCCC)Oc1ccc(C(=O)Oc2ccc(OC(=O)c3ccc(OC(CCCCCCCCCC)OC(=O)C=C)cc3)c(-c3ccccc3)c2)cc1. The van der Waals surface area contributed by atoms with E-state index in [2.05, 4.69) is 27.0 Å². The Morgan fingerprint density at radius 3 is 1.33 bits per heavy atom. The summed E-state index contributed by atoms with van der Waals surface area (Å²) in [6.45, 7) is 11.4. The summed E-state index contributed by atoms with van der Waals surface area (Å²) < 4.78 is 34.6. The summed E-state index contributed by atoms with van der Waals surface area (Å²) in [5.41, 5.74) is 1.82. The van der Waals surface area contributed by atoms with Crippen molar-refractivity contribution in [2.24, 2.45) is 0 Å². The second-order valence-corrected chi connectivity index (χ2v) is 15.8. The first-order valence-corrected chi connectivity index (χ1v) is 23.1. The van der Waals surface area contributed by atoms with Gasteiger partial charge in [-0.25, -0.2) is 19.2 Å². The van der Waals surface area contributed by atoms with E-state index in [1.54, 1.807) is 66.7 Å². The first-order chi connectivity index (χ1) is 31.2. The van der Waals surface area contributed by atoms with E-state index in [1.807, 2.05) is 30.3 Å². The van der Waals surface area contributed by atoms with E-state index in [1.165, 1.54) is 64.2 Å². The number of hydrogen-bond acceptors (Lipinski definition) is 10. The van der Waals surface area contributed by atoms with Crippen molar-refractivity contribution in [3.8, 4) is 34.1 Å². The molecule has 4 rings (SSSR count). The third-order valence-corrected chi connectivity index (χ3v) is 10.6. The number of unbranched alkanes of at least 4 members (excludes halogenated alkanes) is 14. The molecule has 4 aromatic rings. The van der Waals surface area contributed by atoms with Gasteiger partial charge in [0.05, 0.1) is 11.1 Å². The van der Waals surface area contributed by atoms with Crippen molar-refractivity contribution in [2.45, 2.75) is 142 Å². The van der Waals surface area contributed by atoms with Gasteiger partial charge in [-0.1, -0.05) is 147 Å². The zero-order chi connectivity index (χ0) is 45.8.